The SMILES string of the molecule is Cc1c(C)c2c(c(C)c1OC(=O)CCC(=O)OC1=C(O)C(=O)OC1C1COC(C)(C)O1)CCC(C)(CCCC(C)CCCC(C)CCCC(C)C)O2. The molecule has 52 heavy (non-hydrogen) atoms. The van der Waals surface area contributed by atoms with Crippen molar-refractivity contribution in [3.63, 3.8) is 0 Å². The lowest BCUT2D eigenvalue weighted by molar-refractivity contribution is -0.165. The van der Waals surface area contributed by atoms with Gasteiger partial charge in [0.2, 0.25) is 11.5 Å². The Morgan fingerprint density at radius 2 is 1.44 bits per heavy atom. The molecular weight excluding hydrogens is 664 g/mol. The number of rotatable bonds is 18. The molecule has 4 rings (SSSR count). The van der Waals surface area contributed by atoms with Gasteiger partial charge in [-0.1, -0.05) is 72.6 Å². The number of carbonyl (C=O) groups excluding carboxylic acids is 3. The second-order valence-corrected chi connectivity index (χ2v) is 16.8. The second kappa shape index (κ2) is 17.8. The molecule has 3 aliphatic heterocycles. The second-order valence-electron chi connectivity index (χ2n) is 16.8. The molecule has 5 unspecified atom stereocenters. The molecule has 10 heteroatoms. The van der Waals surface area contributed by atoms with E-state index < -0.39 is 41.7 Å². The highest BCUT2D eigenvalue weighted by atomic mass is 16.8. The van der Waals surface area contributed by atoms with Crippen LogP contribution in [0.4, 0.5) is 0 Å². The summed E-state index contributed by atoms with van der Waals surface area (Å²) in [6, 6.07) is 0. The molecule has 0 spiro atoms. The molecule has 1 N–H and O–H groups in total. The van der Waals surface area contributed by atoms with Gasteiger partial charge in [0.1, 0.15) is 23.2 Å². The van der Waals surface area contributed by atoms with Gasteiger partial charge >= 0.3 is 17.9 Å². The fourth-order valence-electron chi connectivity index (χ4n) is 7.63. The van der Waals surface area contributed by atoms with Gasteiger partial charge in [-0.2, -0.15) is 0 Å². The van der Waals surface area contributed by atoms with E-state index >= 15 is 0 Å². The minimum Gasteiger partial charge on any atom is -0.499 e. The van der Waals surface area contributed by atoms with Crippen LogP contribution in [-0.2, 0) is 39.8 Å². The van der Waals surface area contributed by atoms with Gasteiger partial charge in [0.25, 0.3) is 0 Å². The van der Waals surface area contributed by atoms with E-state index in [2.05, 4.69) is 34.6 Å². The van der Waals surface area contributed by atoms with Crippen LogP contribution in [0.1, 0.15) is 148 Å². The monoisotopic (exact) mass is 728 g/mol. The molecule has 292 valence electrons. The summed E-state index contributed by atoms with van der Waals surface area (Å²) < 4.78 is 34.3. The molecule has 0 saturated carbocycles. The van der Waals surface area contributed by atoms with E-state index in [1.807, 2.05) is 20.8 Å². The number of cyclic esters (lactones) is 1. The normalized spacial score (nSPS) is 23.6. The maximum absolute atomic E-state index is 13.0. The first-order valence-corrected chi connectivity index (χ1v) is 19.6. The number of ether oxygens (including phenoxy) is 6. The Morgan fingerprint density at radius 3 is 2.04 bits per heavy atom. The molecule has 3 heterocycles. The lowest BCUT2D eigenvalue weighted by atomic mass is 9.83. The summed E-state index contributed by atoms with van der Waals surface area (Å²) in [5.74, 6) is -0.800. The van der Waals surface area contributed by atoms with Gasteiger partial charge in [0.05, 0.1) is 19.4 Å². The number of hydrogen-bond donors (Lipinski definition) is 1. The largest absolute Gasteiger partial charge is 0.499 e. The van der Waals surface area contributed by atoms with Crippen molar-refractivity contribution in [1.82, 2.24) is 0 Å². The Labute approximate surface area is 311 Å². The molecule has 0 amide bonds. The maximum atomic E-state index is 13.0. The van der Waals surface area contributed by atoms with E-state index in [-0.39, 0.29) is 30.8 Å². The van der Waals surface area contributed by atoms with E-state index in [1.165, 1.54) is 44.9 Å². The van der Waals surface area contributed by atoms with E-state index in [0.717, 1.165) is 65.5 Å². The van der Waals surface area contributed by atoms with Crippen molar-refractivity contribution in [3.05, 3.63) is 33.8 Å². The third-order valence-electron chi connectivity index (χ3n) is 11.1. The Kier molecular flexibility index (Phi) is 14.3. The van der Waals surface area contributed by atoms with Crippen molar-refractivity contribution in [2.45, 2.75) is 176 Å². The molecule has 0 aromatic heterocycles. The van der Waals surface area contributed by atoms with Crippen LogP contribution in [-0.4, -0.2) is 53.2 Å². The van der Waals surface area contributed by atoms with Crippen LogP contribution >= 0.6 is 0 Å². The summed E-state index contributed by atoms with van der Waals surface area (Å²) >= 11 is 0. The third-order valence-corrected chi connectivity index (χ3v) is 11.1. The van der Waals surface area contributed by atoms with Crippen LogP contribution in [0.25, 0.3) is 0 Å². The predicted octanol–water partition coefficient (Wildman–Crippen LogP) is 9.21. The average molecular weight is 729 g/mol. The van der Waals surface area contributed by atoms with Crippen molar-refractivity contribution < 1.29 is 47.9 Å². The van der Waals surface area contributed by atoms with Crippen molar-refractivity contribution in [2.24, 2.45) is 17.8 Å². The summed E-state index contributed by atoms with van der Waals surface area (Å²) in [5.41, 5.74) is 3.45. The topological polar surface area (TPSA) is 127 Å². The van der Waals surface area contributed by atoms with Gasteiger partial charge < -0.3 is 33.5 Å². The molecule has 3 aliphatic rings. The lowest BCUT2D eigenvalue weighted by Gasteiger charge is -2.38. The molecule has 5 atom stereocenters. The number of benzene rings is 1. The van der Waals surface area contributed by atoms with E-state index in [0.29, 0.717) is 11.7 Å². The number of esters is 3. The van der Waals surface area contributed by atoms with Gasteiger partial charge in [-0.15, -0.1) is 0 Å². The first-order chi connectivity index (χ1) is 24.4. The fourth-order valence-corrected chi connectivity index (χ4v) is 7.63. The minimum absolute atomic E-state index is 0.0760. The number of carbonyl (C=O) groups is 3. The Hall–Kier alpha value is -3.11. The minimum atomic E-state index is -1.14. The van der Waals surface area contributed by atoms with Gasteiger partial charge in [-0.05, 0) is 102 Å². The zero-order chi connectivity index (χ0) is 38.4. The number of aliphatic hydroxyl groups excluding tert-OH is 1. The molecular formula is C42H64O10. The number of aliphatic hydroxyl groups is 1. The van der Waals surface area contributed by atoms with Crippen molar-refractivity contribution in [3.8, 4) is 11.5 Å². The highest BCUT2D eigenvalue weighted by Gasteiger charge is 2.48. The van der Waals surface area contributed by atoms with Gasteiger partial charge in [0.15, 0.2) is 11.9 Å². The van der Waals surface area contributed by atoms with E-state index in [1.54, 1.807) is 13.8 Å². The van der Waals surface area contributed by atoms with E-state index in [9.17, 15) is 19.5 Å². The molecule has 0 aliphatic carbocycles. The Morgan fingerprint density at radius 1 is 0.846 bits per heavy atom. The molecule has 1 aromatic rings. The van der Waals surface area contributed by atoms with Crippen LogP contribution in [0.15, 0.2) is 11.5 Å². The zero-order valence-electron chi connectivity index (χ0n) is 33.4. The highest BCUT2D eigenvalue weighted by molar-refractivity contribution is 5.90. The fraction of sp³-hybridized carbons (Fsp3) is 0.738. The van der Waals surface area contributed by atoms with Gasteiger partial charge in [0, 0.05) is 5.56 Å². The number of fused-ring (bicyclic) bond motifs is 1. The molecule has 0 bridgehead atoms. The predicted molar refractivity (Wildman–Crippen MR) is 198 cm³/mol. The first-order valence-electron chi connectivity index (χ1n) is 19.6. The first kappa shape index (κ1) is 41.6. The summed E-state index contributed by atoms with van der Waals surface area (Å²) in [5, 5.41) is 10.2. The highest BCUT2D eigenvalue weighted by Crippen LogP contribution is 2.45. The number of hydrogen-bond acceptors (Lipinski definition) is 10. The molecule has 0 radical (unpaired) electrons. The lowest BCUT2D eigenvalue weighted by Crippen LogP contribution is -2.37. The van der Waals surface area contributed by atoms with Gasteiger partial charge in [-0.3, -0.25) is 9.59 Å². The summed E-state index contributed by atoms with van der Waals surface area (Å²) in [6.07, 6.45) is 10.5. The summed E-state index contributed by atoms with van der Waals surface area (Å²) in [6.45, 7) is 21.0. The summed E-state index contributed by atoms with van der Waals surface area (Å²) in [7, 11) is 0. The molecule has 1 fully saturated rings. The van der Waals surface area contributed by atoms with Crippen molar-refractivity contribution >= 4 is 17.9 Å². The van der Waals surface area contributed by atoms with Crippen molar-refractivity contribution in [1.29, 1.82) is 0 Å². The van der Waals surface area contributed by atoms with E-state index in [4.69, 9.17) is 28.4 Å². The van der Waals surface area contributed by atoms with Gasteiger partial charge in [-0.25, -0.2) is 4.79 Å². The van der Waals surface area contributed by atoms with Crippen LogP contribution < -0.4 is 9.47 Å². The summed E-state index contributed by atoms with van der Waals surface area (Å²) in [4.78, 5) is 37.8. The molecule has 1 aromatic carbocycles. The van der Waals surface area contributed by atoms with Crippen LogP contribution in [0.3, 0.4) is 0 Å². The average Bonchev–Trinajstić information content (AvgIpc) is 3.57. The zero-order valence-corrected chi connectivity index (χ0v) is 33.4. The van der Waals surface area contributed by atoms with Crippen LogP contribution in [0, 0.1) is 38.5 Å². The maximum Gasteiger partial charge on any atom is 0.378 e. The third kappa shape index (κ3) is 11.0. The Balaban J connectivity index is 1.26. The smallest absolute Gasteiger partial charge is 0.378 e. The van der Waals surface area contributed by atoms with Crippen molar-refractivity contribution in [2.75, 3.05) is 6.61 Å². The standard InChI is InChI=1S/C42H64O10/c1-25(2)14-11-15-26(3)16-12-17-27(4)18-13-22-42(10)23-21-31-30(7)36(28(5)29(6)37(31)52-42)48-33(43)19-20-34(44)49-39-35(45)40(46)50-38(39)32-24-47-41(8,9)51-32/h25-27,32,38,45H,11-24H2,1-10H3. The molecule has 10 nitrogen and oxygen atoms in total. The van der Waals surface area contributed by atoms with Crippen LogP contribution in [0.5, 0.6) is 11.5 Å². The Bertz CT molecular complexity index is 1480. The molecule has 1 saturated heterocycles. The quantitative estimate of drug-likeness (QED) is 0.115. The van der Waals surface area contributed by atoms with Crippen LogP contribution in [0.2, 0.25) is 0 Å².